The molecule has 1 aromatic heterocycles. The molecule has 1 aliphatic carbocycles. The Balaban J connectivity index is 2.19. The van der Waals surface area contributed by atoms with Crippen LogP contribution in [0.25, 0.3) is 0 Å². The largest absolute Gasteiger partial charge is 0.371 e. The van der Waals surface area contributed by atoms with Crippen molar-refractivity contribution < 1.29 is 4.74 Å². The number of hydrogen-bond donors (Lipinski definition) is 0. The van der Waals surface area contributed by atoms with Gasteiger partial charge in [0.2, 0.25) is 0 Å². The van der Waals surface area contributed by atoms with Gasteiger partial charge in [-0.3, -0.25) is 0 Å². The summed E-state index contributed by atoms with van der Waals surface area (Å²) in [6.45, 7) is 2.21. The average molecular weight is 253 g/mol. The molecule has 1 heterocycles. The molecule has 1 fully saturated rings. The van der Waals surface area contributed by atoms with Gasteiger partial charge in [-0.15, -0.1) is 11.3 Å². The lowest BCUT2D eigenvalue weighted by atomic mass is 9.95. The molecule has 96 valence electrons. The Bertz CT molecular complexity index is 340. The number of ether oxygens (including phenoxy) is 1. The zero-order chi connectivity index (χ0) is 12.1. The summed E-state index contributed by atoms with van der Waals surface area (Å²) >= 11 is 1.79. The molecule has 0 spiro atoms. The summed E-state index contributed by atoms with van der Waals surface area (Å²) in [4.78, 5) is 4.80. The Labute approximate surface area is 108 Å². The number of hydrogen-bond acceptors (Lipinski definition) is 3. The van der Waals surface area contributed by atoms with E-state index in [1.807, 2.05) is 7.11 Å². The van der Waals surface area contributed by atoms with E-state index in [-0.39, 0.29) is 5.60 Å². The number of nitrogens with zero attached hydrogens (tertiary/aromatic N) is 1. The molecule has 3 heteroatoms. The van der Waals surface area contributed by atoms with Crippen molar-refractivity contribution in [2.24, 2.45) is 0 Å². The maximum atomic E-state index is 5.88. The summed E-state index contributed by atoms with van der Waals surface area (Å²) in [5.74, 6) is 0. The highest BCUT2D eigenvalue weighted by Gasteiger charge is 2.35. The number of aromatic nitrogens is 1. The van der Waals surface area contributed by atoms with Crippen LogP contribution in [0.3, 0.4) is 0 Å². The predicted molar refractivity (Wildman–Crippen MR) is 72.5 cm³/mol. The summed E-state index contributed by atoms with van der Waals surface area (Å²) in [6.07, 6.45) is 9.79. The monoisotopic (exact) mass is 253 g/mol. The topological polar surface area (TPSA) is 22.1 Å². The molecule has 0 radical (unpaired) electrons. The Morgan fingerprint density at radius 1 is 1.29 bits per heavy atom. The number of methoxy groups -OCH3 is 1. The van der Waals surface area contributed by atoms with E-state index < -0.39 is 0 Å². The Morgan fingerprint density at radius 3 is 2.59 bits per heavy atom. The first kappa shape index (κ1) is 13.0. The summed E-state index contributed by atoms with van der Waals surface area (Å²) in [6, 6.07) is 0. The van der Waals surface area contributed by atoms with Gasteiger partial charge in [-0.25, -0.2) is 4.98 Å². The summed E-state index contributed by atoms with van der Waals surface area (Å²) < 4.78 is 5.88. The van der Waals surface area contributed by atoms with E-state index in [4.69, 9.17) is 9.72 Å². The molecule has 1 aromatic rings. The summed E-state index contributed by atoms with van der Waals surface area (Å²) in [7, 11) is 1.85. The van der Waals surface area contributed by atoms with Crippen LogP contribution < -0.4 is 0 Å². The van der Waals surface area contributed by atoms with Gasteiger partial charge in [0, 0.05) is 12.5 Å². The third kappa shape index (κ3) is 2.89. The van der Waals surface area contributed by atoms with Crippen LogP contribution in [0.15, 0.2) is 5.38 Å². The molecule has 17 heavy (non-hydrogen) atoms. The lowest BCUT2D eigenvalue weighted by molar-refractivity contribution is -0.0280. The van der Waals surface area contributed by atoms with Gasteiger partial charge in [0.15, 0.2) is 0 Å². The molecule has 0 amide bonds. The minimum atomic E-state index is -0.0762. The van der Waals surface area contributed by atoms with Crippen LogP contribution in [0, 0.1) is 0 Å². The molecule has 1 saturated carbocycles. The van der Waals surface area contributed by atoms with Crippen LogP contribution >= 0.6 is 11.3 Å². The third-order valence-electron chi connectivity index (χ3n) is 3.75. The van der Waals surface area contributed by atoms with Gasteiger partial charge in [0.25, 0.3) is 0 Å². The van der Waals surface area contributed by atoms with Gasteiger partial charge >= 0.3 is 0 Å². The Kier molecular flexibility index (Phi) is 4.57. The Morgan fingerprint density at radius 2 is 2.00 bits per heavy atom. The zero-order valence-electron chi connectivity index (χ0n) is 11.0. The fraction of sp³-hybridized carbons (Fsp3) is 0.786. The van der Waals surface area contributed by atoms with Gasteiger partial charge in [0.1, 0.15) is 10.6 Å². The van der Waals surface area contributed by atoms with Crippen LogP contribution in [0.2, 0.25) is 0 Å². The first-order valence-electron chi connectivity index (χ1n) is 6.81. The number of aryl methyl sites for hydroxylation is 1. The van der Waals surface area contributed by atoms with E-state index in [1.54, 1.807) is 11.3 Å². The second-order valence-corrected chi connectivity index (χ2v) is 5.86. The molecule has 0 N–H and O–H groups in total. The molecule has 0 bridgehead atoms. The van der Waals surface area contributed by atoms with E-state index in [0.29, 0.717) is 0 Å². The molecule has 1 aliphatic rings. The van der Waals surface area contributed by atoms with Gasteiger partial charge in [-0.05, 0) is 19.3 Å². The second kappa shape index (κ2) is 5.96. The summed E-state index contributed by atoms with van der Waals surface area (Å²) in [5, 5.41) is 3.43. The van der Waals surface area contributed by atoms with Gasteiger partial charge in [-0.1, -0.05) is 39.0 Å². The first-order valence-corrected chi connectivity index (χ1v) is 7.69. The molecule has 2 rings (SSSR count). The van der Waals surface area contributed by atoms with Crippen molar-refractivity contribution in [3.05, 3.63) is 16.1 Å². The minimum Gasteiger partial charge on any atom is -0.371 e. The molecular weight excluding hydrogens is 230 g/mol. The predicted octanol–water partition coefficient (Wildman–Crippen LogP) is 4.29. The van der Waals surface area contributed by atoms with E-state index in [9.17, 15) is 0 Å². The van der Waals surface area contributed by atoms with Crippen LogP contribution in [0.5, 0.6) is 0 Å². The van der Waals surface area contributed by atoms with Crippen molar-refractivity contribution in [3.63, 3.8) is 0 Å². The van der Waals surface area contributed by atoms with Crippen molar-refractivity contribution in [2.45, 2.75) is 63.9 Å². The zero-order valence-corrected chi connectivity index (χ0v) is 11.8. The van der Waals surface area contributed by atoms with Gasteiger partial charge in [0.05, 0.1) is 5.69 Å². The molecule has 0 unspecified atom stereocenters. The third-order valence-corrected chi connectivity index (χ3v) is 4.83. The fourth-order valence-corrected chi connectivity index (χ4v) is 3.78. The average Bonchev–Trinajstić information content (AvgIpc) is 2.68. The van der Waals surface area contributed by atoms with Gasteiger partial charge in [-0.2, -0.15) is 0 Å². The highest BCUT2D eigenvalue weighted by atomic mass is 32.1. The quantitative estimate of drug-likeness (QED) is 0.747. The normalized spacial score (nSPS) is 20.1. The van der Waals surface area contributed by atoms with E-state index in [2.05, 4.69) is 12.3 Å². The van der Waals surface area contributed by atoms with Gasteiger partial charge < -0.3 is 4.74 Å². The SMILES string of the molecule is CCCc1csc(C2(OC)CCCCCC2)n1. The van der Waals surface area contributed by atoms with Crippen LogP contribution in [0.1, 0.15) is 62.6 Å². The molecule has 2 nitrogen and oxygen atoms in total. The second-order valence-electron chi connectivity index (χ2n) is 5.01. The van der Waals surface area contributed by atoms with E-state index in [1.165, 1.54) is 42.8 Å². The number of rotatable bonds is 4. The lowest BCUT2D eigenvalue weighted by Gasteiger charge is -2.29. The van der Waals surface area contributed by atoms with Crippen molar-refractivity contribution in [2.75, 3.05) is 7.11 Å². The first-order chi connectivity index (χ1) is 8.30. The number of thiazole rings is 1. The van der Waals surface area contributed by atoms with E-state index >= 15 is 0 Å². The maximum absolute atomic E-state index is 5.88. The molecule has 0 aliphatic heterocycles. The molecular formula is C14H23NOS. The minimum absolute atomic E-state index is 0.0762. The van der Waals surface area contributed by atoms with Crippen LogP contribution in [0.4, 0.5) is 0 Å². The molecule has 0 saturated heterocycles. The van der Waals surface area contributed by atoms with Crippen LogP contribution in [-0.4, -0.2) is 12.1 Å². The fourth-order valence-electron chi connectivity index (χ4n) is 2.69. The van der Waals surface area contributed by atoms with Crippen LogP contribution in [-0.2, 0) is 16.8 Å². The van der Waals surface area contributed by atoms with Crippen molar-refractivity contribution >= 4 is 11.3 Å². The standard InChI is InChI=1S/C14H23NOS/c1-3-8-12-11-17-13(15-12)14(16-2)9-6-4-5-7-10-14/h11H,3-10H2,1-2H3. The smallest absolute Gasteiger partial charge is 0.125 e. The van der Waals surface area contributed by atoms with Crippen molar-refractivity contribution in [3.8, 4) is 0 Å². The molecule has 0 atom stereocenters. The summed E-state index contributed by atoms with van der Waals surface area (Å²) in [5.41, 5.74) is 1.17. The highest BCUT2D eigenvalue weighted by molar-refractivity contribution is 7.09. The van der Waals surface area contributed by atoms with E-state index in [0.717, 1.165) is 19.3 Å². The van der Waals surface area contributed by atoms with Crippen molar-refractivity contribution in [1.82, 2.24) is 4.98 Å². The highest BCUT2D eigenvalue weighted by Crippen LogP contribution is 2.40. The van der Waals surface area contributed by atoms with Crippen molar-refractivity contribution in [1.29, 1.82) is 0 Å². The molecule has 0 aromatic carbocycles. The lowest BCUT2D eigenvalue weighted by Crippen LogP contribution is -2.27. The maximum Gasteiger partial charge on any atom is 0.125 e. The Hall–Kier alpha value is -0.410.